The third kappa shape index (κ3) is 7.75. The first-order valence-corrected chi connectivity index (χ1v) is 13.7. The minimum atomic E-state index is -4.34. The fourth-order valence-electron chi connectivity index (χ4n) is 4.98. The van der Waals surface area contributed by atoms with Crippen molar-refractivity contribution in [2.24, 2.45) is 11.8 Å². The number of aryl methyl sites for hydroxylation is 1. The number of fused-ring (bicyclic) bond motifs is 1. The van der Waals surface area contributed by atoms with Crippen LogP contribution in [-0.4, -0.2) is 53.1 Å². The second kappa shape index (κ2) is 11.5. The van der Waals surface area contributed by atoms with Gasteiger partial charge in [-0.05, 0) is 51.0 Å². The van der Waals surface area contributed by atoms with Crippen LogP contribution in [0.1, 0.15) is 59.0 Å². The monoisotopic (exact) mass is 515 g/mol. The quantitative estimate of drug-likeness (QED) is 0.432. The Hall–Kier alpha value is -1.52. The molecule has 0 unspecified atom stereocenters. The van der Waals surface area contributed by atoms with E-state index in [4.69, 9.17) is 4.74 Å². The number of halogens is 3. The van der Waals surface area contributed by atoms with Crippen LogP contribution in [0, 0.1) is 18.8 Å². The van der Waals surface area contributed by atoms with Gasteiger partial charge in [-0.3, -0.25) is 4.79 Å². The first-order chi connectivity index (χ1) is 16.2. The van der Waals surface area contributed by atoms with Crippen LogP contribution >= 0.6 is 22.7 Å². The lowest BCUT2D eigenvalue weighted by Gasteiger charge is -2.30. The normalized spacial score (nSPS) is 21.8. The Balaban J connectivity index is 1.13. The molecular formula is C24H32F3N3O2S2. The van der Waals surface area contributed by atoms with Crippen molar-refractivity contribution in [1.29, 1.82) is 0 Å². The van der Waals surface area contributed by atoms with Crippen LogP contribution in [0.5, 0.6) is 5.19 Å². The number of rotatable bonds is 9. The number of ketones is 1. The minimum Gasteiger partial charge on any atom is -0.460 e. The van der Waals surface area contributed by atoms with Gasteiger partial charge in [0.15, 0.2) is 6.61 Å². The molecule has 0 aromatic carbocycles. The van der Waals surface area contributed by atoms with Crippen LogP contribution in [0.3, 0.4) is 0 Å². The van der Waals surface area contributed by atoms with Crippen molar-refractivity contribution in [2.45, 2.75) is 70.9 Å². The van der Waals surface area contributed by atoms with Gasteiger partial charge in [-0.1, -0.05) is 24.2 Å². The molecule has 3 heterocycles. The maximum absolute atomic E-state index is 12.4. The number of carbonyl (C=O) groups is 1. The number of hydrogen-bond acceptors (Lipinski definition) is 7. The first-order valence-electron chi connectivity index (χ1n) is 12.1. The summed E-state index contributed by atoms with van der Waals surface area (Å²) in [6.07, 6.45) is 6.12. The highest BCUT2D eigenvalue weighted by atomic mass is 32.1. The van der Waals surface area contributed by atoms with Crippen LogP contribution in [0.15, 0.2) is 6.20 Å². The molecule has 1 saturated carbocycles. The fraction of sp³-hybridized carbons (Fsp3) is 0.708. The lowest BCUT2D eigenvalue weighted by atomic mass is 9.78. The summed E-state index contributed by atoms with van der Waals surface area (Å²) in [4.78, 5) is 25.5. The molecule has 0 saturated heterocycles. The Morgan fingerprint density at radius 1 is 1.15 bits per heavy atom. The zero-order valence-corrected chi connectivity index (χ0v) is 21.2. The molecule has 188 valence electrons. The molecule has 2 aromatic heterocycles. The van der Waals surface area contributed by atoms with E-state index in [-0.39, 0.29) is 5.19 Å². The average Bonchev–Trinajstić information content (AvgIpc) is 3.32. The summed E-state index contributed by atoms with van der Waals surface area (Å²) in [5.41, 5.74) is 0.892. The number of carbonyl (C=O) groups excluding carboxylic acids is 1. The molecule has 34 heavy (non-hydrogen) atoms. The van der Waals surface area contributed by atoms with Crippen molar-refractivity contribution in [3.05, 3.63) is 26.7 Å². The minimum absolute atomic E-state index is 0.133. The third-order valence-corrected chi connectivity index (χ3v) is 8.80. The molecule has 1 aliphatic carbocycles. The molecule has 2 aromatic rings. The van der Waals surface area contributed by atoms with Crippen LogP contribution in [0.25, 0.3) is 0 Å². The maximum Gasteiger partial charge on any atom is 0.422 e. The second-order valence-corrected chi connectivity index (χ2v) is 11.9. The highest BCUT2D eigenvalue weighted by molar-refractivity contribution is 7.13. The molecule has 10 heteroatoms. The molecule has 0 radical (unpaired) electrons. The lowest BCUT2D eigenvalue weighted by Crippen LogP contribution is -2.30. The predicted octanol–water partition coefficient (Wildman–Crippen LogP) is 5.65. The topological polar surface area (TPSA) is 55.3 Å². The van der Waals surface area contributed by atoms with Gasteiger partial charge >= 0.3 is 6.18 Å². The summed E-state index contributed by atoms with van der Waals surface area (Å²) >= 11 is 2.87. The number of ether oxygens (including phenoxy) is 1. The van der Waals surface area contributed by atoms with Crippen molar-refractivity contribution in [2.75, 3.05) is 26.2 Å². The molecule has 0 bridgehead atoms. The number of thiazole rings is 2. The van der Waals surface area contributed by atoms with Gasteiger partial charge in [-0.25, -0.2) is 9.97 Å². The number of hydrogen-bond donors (Lipinski definition) is 0. The summed E-state index contributed by atoms with van der Waals surface area (Å²) in [7, 11) is 0. The molecule has 0 amide bonds. The van der Waals surface area contributed by atoms with E-state index in [0.29, 0.717) is 30.5 Å². The van der Waals surface area contributed by atoms with Gasteiger partial charge in [0.2, 0.25) is 0 Å². The molecule has 0 atom stereocenters. The van der Waals surface area contributed by atoms with E-state index >= 15 is 0 Å². The average molecular weight is 516 g/mol. The molecule has 4 rings (SSSR count). The van der Waals surface area contributed by atoms with Gasteiger partial charge in [0.25, 0.3) is 5.19 Å². The second-order valence-electron chi connectivity index (χ2n) is 9.54. The molecule has 0 spiro atoms. The number of aromatic nitrogens is 2. The van der Waals surface area contributed by atoms with Crippen LogP contribution in [0.2, 0.25) is 0 Å². The van der Waals surface area contributed by atoms with Crippen molar-refractivity contribution < 1.29 is 22.7 Å². The summed E-state index contributed by atoms with van der Waals surface area (Å²) in [6.45, 7) is 3.53. The molecule has 5 nitrogen and oxygen atoms in total. The van der Waals surface area contributed by atoms with Crippen LogP contribution in [0.4, 0.5) is 13.2 Å². The molecule has 2 aliphatic rings. The summed E-state index contributed by atoms with van der Waals surface area (Å²) in [5.74, 6) is 1.57. The van der Waals surface area contributed by atoms with Gasteiger partial charge in [0, 0.05) is 48.3 Å². The van der Waals surface area contributed by atoms with E-state index < -0.39 is 12.8 Å². The zero-order chi connectivity index (χ0) is 24.1. The number of alkyl halides is 3. The van der Waals surface area contributed by atoms with E-state index in [1.54, 1.807) is 11.3 Å². The molecular weight excluding hydrogens is 483 g/mol. The maximum atomic E-state index is 12.4. The smallest absolute Gasteiger partial charge is 0.422 e. The number of Topliss-reactive ketones (excluding diaryl/α,β-unsaturated/α-hetero) is 1. The van der Waals surface area contributed by atoms with E-state index in [9.17, 15) is 18.0 Å². The summed E-state index contributed by atoms with van der Waals surface area (Å²) in [6, 6.07) is 0. The first kappa shape index (κ1) is 25.6. The Labute approximate surface area is 206 Å². The Morgan fingerprint density at radius 2 is 1.88 bits per heavy atom. The fourth-order valence-corrected chi connectivity index (χ4v) is 6.75. The molecule has 1 aliphatic heterocycles. The highest BCUT2D eigenvalue weighted by Gasteiger charge is 2.30. The van der Waals surface area contributed by atoms with Crippen molar-refractivity contribution in [1.82, 2.24) is 14.9 Å². The van der Waals surface area contributed by atoms with E-state index in [2.05, 4.69) is 14.9 Å². The number of nitrogens with zero attached hydrogens (tertiary/aromatic N) is 3. The molecule has 1 fully saturated rings. The summed E-state index contributed by atoms with van der Waals surface area (Å²) < 4.78 is 41.9. The van der Waals surface area contributed by atoms with Gasteiger partial charge in [-0.15, -0.1) is 11.3 Å². The van der Waals surface area contributed by atoms with Crippen LogP contribution < -0.4 is 4.74 Å². The third-order valence-electron chi connectivity index (χ3n) is 6.81. The summed E-state index contributed by atoms with van der Waals surface area (Å²) in [5, 5.41) is 1.15. The van der Waals surface area contributed by atoms with E-state index in [1.807, 2.05) is 13.1 Å². The van der Waals surface area contributed by atoms with Gasteiger partial charge in [0.05, 0.1) is 10.7 Å². The Kier molecular flexibility index (Phi) is 8.63. The van der Waals surface area contributed by atoms with Crippen molar-refractivity contribution >= 4 is 28.5 Å². The van der Waals surface area contributed by atoms with Gasteiger partial charge < -0.3 is 9.64 Å². The Bertz CT molecular complexity index is 926. The largest absolute Gasteiger partial charge is 0.460 e. The Morgan fingerprint density at radius 3 is 2.59 bits per heavy atom. The predicted molar refractivity (Wildman–Crippen MR) is 128 cm³/mol. The van der Waals surface area contributed by atoms with Crippen molar-refractivity contribution in [3.63, 3.8) is 0 Å². The van der Waals surface area contributed by atoms with Crippen molar-refractivity contribution in [3.8, 4) is 5.19 Å². The standard InChI is InChI=1S/C24H32F3N3O2S2/c1-16-28-14-20(33-16)13-19(31)12-18-4-2-17(3-5-18)6-9-30-10-7-21-22(8-11-30)34-23(29-21)32-15-24(25,26)27/h14,17-18H,2-13,15H2,1H3. The van der Waals surface area contributed by atoms with E-state index in [0.717, 1.165) is 65.8 Å². The SMILES string of the molecule is Cc1ncc(CC(=O)CC2CCC(CCN3CCc4nc(OCC(F)(F)F)sc4CC3)CC2)s1. The highest BCUT2D eigenvalue weighted by Crippen LogP contribution is 2.34. The van der Waals surface area contributed by atoms with E-state index in [1.165, 1.54) is 30.6 Å². The lowest BCUT2D eigenvalue weighted by molar-refractivity contribution is -0.153. The van der Waals surface area contributed by atoms with Crippen LogP contribution in [-0.2, 0) is 24.1 Å². The molecule has 0 N–H and O–H groups in total. The van der Waals surface area contributed by atoms with Gasteiger partial charge in [0.1, 0.15) is 5.78 Å². The zero-order valence-electron chi connectivity index (χ0n) is 19.5. The van der Waals surface area contributed by atoms with Gasteiger partial charge in [-0.2, -0.15) is 13.2 Å².